The van der Waals surface area contributed by atoms with Gasteiger partial charge >= 0.3 is 0 Å². The Kier molecular flexibility index (Phi) is 6.59. The molecule has 1 aromatic carbocycles. The molecule has 0 aliphatic heterocycles. The van der Waals surface area contributed by atoms with Crippen LogP contribution in [0.3, 0.4) is 0 Å². The fraction of sp³-hybridized carbons (Fsp3) is 0.176. The van der Waals surface area contributed by atoms with Gasteiger partial charge in [0.05, 0.1) is 5.69 Å². The van der Waals surface area contributed by atoms with E-state index in [4.69, 9.17) is 4.74 Å². The van der Waals surface area contributed by atoms with Gasteiger partial charge in [0.1, 0.15) is 16.5 Å². The first-order chi connectivity index (χ1) is 12.6. The van der Waals surface area contributed by atoms with Gasteiger partial charge in [0, 0.05) is 27.9 Å². The number of rotatable bonds is 8. The topological polar surface area (TPSA) is 81.2 Å². The van der Waals surface area contributed by atoms with Crippen LogP contribution in [0.1, 0.15) is 12.1 Å². The van der Waals surface area contributed by atoms with Crippen molar-refractivity contribution in [2.75, 3.05) is 11.1 Å². The van der Waals surface area contributed by atoms with E-state index >= 15 is 0 Å². The van der Waals surface area contributed by atoms with Crippen molar-refractivity contribution in [2.45, 2.75) is 12.8 Å². The highest BCUT2D eigenvalue weighted by molar-refractivity contribution is 9.10. The zero-order valence-electron chi connectivity index (χ0n) is 13.6. The summed E-state index contributed by atoms with van der Waals surface area (Å²) in [4.78, 5) is 8.84. The molecule has 2 heterocycles. The van der Waals surface area contributed by atoms with E-state index in [1.54, 1.807) is 6.20 Å². The van der Waals surface area contributed by atoms with Gasteiger partial charge in [-0.15, -0.1) is 11.3 Å². The van der Waals surface area contributed by atoms with Crippen LogP contribution in [-0.4, -0.2) is 24.1 Å². The van der Waals surface area contributed by atoms with Crippen LogP contribution >= 0.6 is 27.3 Å². The average molecular weight is 454 g/mol. The maximum absolute atomic E-state index is 10.6. The molecule has 0 radical (unpaired) electrons. The average Bonchev–Trinajstić information content (AvgIpc) is 3.05. The fourth-order valence-corrected chi connectivity index (χ4v) is 3.65. The van der Waals surface area contributed by atoms with Gasteiger partial charge in [-0.25, -0.2) is 18.4 Å². The summed E-state index contributed by atoms with van der Waals surface area (Å²) < 4.78 is 28.0. The zero-order valence-corrected chi connectivity index (χ0v) is 16.9. The van der Waals surface area contributed by atoms with Crippen molar-refractivity contribution in [3.63, 3.8) is 0 Å². The number of pyridine rings is 1. The van der Waals surface area contributed by atoms with Gasteiger partial charge < -0.3 is 10.1 Å². The molecule has 0 unspecified atom stereocenters. The fourth-order valence-electron chi connectivity index (χ4n) is 2.18. The largest absolute Gasteiger partial charge is 0.453 e. The van der Waals surface area contributed by atoms with Crippen LogP contribution in [0, 0.1) is 0 Å². The molecule has 0 spiro atoms. The first-order valence-corrected chi connectivity index (χ1v) is 10.9. The highest BCUT2D eigenvalue weighted by atomic mass is 79.9. The van der Waals surface area contributed by atoms with Crippen molar-refractivity contribution >= 4 is 48.9 Å². The molecule has 0 aliphatic carbocycles. The van der Waals surface area contributed by atoms with Crippen LogP contribution in [0.4, 0.5) is 10.9 Å². The molecule has 1 N–H and O–H groups in total. The molecule has 0 saturated heterocycles. The lowest BCUT2D eigenvalue weighted by molar-refractivity contribution is 0.482. The van der Waals surface area contributed by atoms with Crippen molar-refractivity contribution < 1.29 is 13.2 Å². The third kappa shape index (κ3) is 5.52. The van der Waals surface area contributed by atoms with E-state index in [0.29, 0.717) is 35.3 Å². The quantitative estimate of drug-likeness (QED) is 0.492. The maximum atomic E-state index is 10.6. The summed E-state index contributed by atoms with van der Waals surface area (Å²) >= 11 is 4.85. The van der Waals surface area contributed by atoms with Crippen molar-refractivity contribution in [1.82, 2.24) is 9.97 Å². The molecule has 3 rings (SSSR count). The van der Waals surface area contributed by atoms with Gasteiger partial charge in [0.25, 0.3) is 0 Å². The van der Waals surface area contributed by atoms with Gasteiger partial charge in [0.2, 0.25) is 0 Å². The summed E-state index contributed by atoms with van der Waals surface area (Å²) in [6.45, 7) is 0. The van der Waals surface area contributed by atoms with Gasteiger partial charge in [0.15, 0.2) is 16.7 Å². The number of thiol groups is 1. The molecule has 6 nitrogen and oxygen atoms in total. The van der Waals surface area contributed by atoms with E-state index in [1.807, 2.05) is 41.8 Å². The number of hydrogen-bond acceptors (Lipinski definition) is 7. The second kappa shape index (κ2) is 9.11. The number of thiazole rings is 1. The lowest BCUT2D eigenvalue weighted by Crippen LogP contribution is -1.98. The highest BCUT2D eigenvalue weighted by Gasteiger charge is 2.11. The molecule has 26 heavy (non-hydrogen) atoms. The molecule has 136 valence electrons. The van der Waals surface area contributed by atoms with E-state index in [9.17, 15) is 8.42 Å². The number of aryl methyl sites for hydroxylation is 1. The predicted molar refractivity (Wildman–Crippen MR) is 107 cm³/mol. The van der Waals surface area contributed by atoms with Crippen molar-refractivity contribution in [3.05, 3.63) is 58.1 Å². The molecule has 2 aromatic heterocycles. The standard InChI is InChI=1S/C17H16BrN3O3S2/c18-12-9-15(24-14-6-2-1-3-7-14)16(19-10-12)21-17-20-13(11-25-17)5-4-8-26(22)23/h1-3,6-7,9-11,26H,4-5,8H2,(H,19,20,21). The number of nitrogens with one attached hydrogen (secondary N) is 1. The van der Waals surface area contributed by atoms with Gasteiger partial charge in [-0.3, -0.25) is 0 Å². The molecule has 3 aromatic rings. The number of hydrogen-bond donors (Lipinski definition) is 2. The third-order valence-electron chi connectivity index (χ3n) is 3.34. The smallest absolute Gasteiger partial charge is 0.188 e. The molecule has 9 heteroatoms. The number of anilines is 2. The normalized spacial score (nSPS) is 10.8. The van der Waals surface area contributed by atoms with Crippen LogP contribution in [0.15, 0.2) is 52.4 Å². The Balaban J connectivity index is 1.72. The summed E-state index contributed by atoms with van der Waals surface area (Å²) in [5.74, 6) is 2.02. The number of nitrogens with zero attached hydrogens (tertiary/aromatic N) is 2. The van der Waals surface area contributed by atoms with E-state index < -0.39 is 10.7 Å². The Morgan fingerprint density at radius 1 is 1.23 bits per heavy atom. The molecule has 0 fully saturated rings. The molecule has 0 atom stereocenters. The zero-order chi connectivity index (χ0) is 18.4. The minimum Gasteiger partial charge on any atom is -0.453 e. The SMILES string of the molecule is O=[SH](=O)CCCc1csc(Nc2ncc(Br)cc2Oc2ccccc2)n1. The van der Waals surface area contributed by atoms with E-state index in [-0.39, 0.29) is 5.75 Å². The number of ether oxygens (including phenoxy) is 1. The van der Waals surface area contributed by atoms with E-state index in [2.05, 4.69) is 31.2 Å². The van der Waals surface area contributed by atoms with Crippen molar-refractivity contribution in [2.24, 2.45) is 0 Å². The van der Waals surface area contributed by atoms with E-state index in [1.165, 1.54) is 11.3 Å². The molecular weight excluding hydrogens is 438 g/mol. The van der Waals surface area contributed by atoms with Gasteiger partial charge in [-0.05, 0) is 40.9 Å². The number of halogens is 1. The first-order valence-electron chi connectivity index (χ1n) is 7.82. The summed E-state index contributed by atoms with van der Waals surface area (Å²) in [5.41, 5.74) is 0.858. The van der Waals surface area contributed by atoms with Crippen LogP contribution < -0.4 is 10.1 Å². The van der Waals surface area contributed by atoms with Crippen LogP contribution in [0.2, 0.25) is 0 Å². The minimum absolute atomic E-state index is 0.180. The third-order valence-corrected chi connectivity index (χ3v) is 5.26. The monoisotopic (exact) mass is 453 g/mol. The second-order valence-corrected chi connectivity index (χ2v) is 8.23. The Morgan fingerprint density at radius 2 is 2.04 bits per heavy atom. The minimum atomic E-state index is -2.33. The predicted octanol–water partition coefficient (Wildman–Crippen LogP) is 4.38. The van der Waals surface area contributed by atoms with Crippen molar-refractivity contribution in [3.8, 4) is 11.5 Å². The molecule has 0 saturated carbocycles. The molecule has 0 bridgehead atoms. The molecule has 0 amide bonds. The summed E-state index contributed by atoms with van der Waals surface area (Å²) in [6.07, 6.45) is 2.88. The van der Waals surface area contributed by atoms with Crippen molar-refractivity contribution in [1.29, 1.82) is 0 Å². The number of aromatic nitrogens is 2. The Bertz CT molecular complexity index is 937. The van der Waals surface area contributed by atoms with Crippen LogP contribution in [0.25, 0.3) is 0 Å². The molecular formula is C17H16BrN3O3S2. The lowest BCUT2D eigenvalue weighted by Gasteiger charge is -2.11. The number of para-hydroxylation sites is 1. The number of benzene rings is 1. The van der Waals surface area contributed by atoms with Crippen LogP contribution in [-0.2, 0) is 17.1 Å². The van der Waals surface area contributed by atoms with E-state index in [0.717, 1.165) is 10.2 Å². The summed E-state index contributed by atoms with van der Waals surface area (Å²) in [5, 5.41) is 5.76. The Labute approximate surface area is 165 Å². The van der Waals surface area contributed by atoms with Gasteiger partial charge in [-0.1, -0.05) is 18.2 Å². The summed E-state index contributed by atoms with van der Waals surface area (Å²) in [6, 6.07) is 11.3. The van der Waals surface area contributed by atoms with Crippen LogP contribution in [0.5, 0.6) is 11.5 Å². The lowest BCUT2D eigenvalue weighted by atomic mass is 10.3. The summed E-state index contributed by atoms with van der Waals surface area (Å²) in [7, 11) is -2.33. The first kappa shape index (κ1) is 18.8. The van der Waals surface area contributed by atoms with Gasteiger partial charge in [-0.2, -0.15) is 0 Å². The highest BCUT2D eigenvalue weighted by Crippen LogP contribution is 2.33. The molecule has 0 aliphatic rings. The maximum Gasteiger partial charge on any atom is 0.188 e. The Morgan fingerprint density at radius 3 is 2.81 bits per heavy atom. The second-order valence-electron chi connectivity index (χ2n) is 5.34. The Hall–Kier alpha value is -1.97.